The van der Waals surface area contributed by atoms with Crippen molar-refractivity contribution >= 4 is 20.0 Å². The SMILES string of the molecule is Cc1ccc(S(=O)(=O)N2CCN3CN(S(=O)(=O)c4ccc(C)cc4)CC([N+](=O)[O-])(C3)C2)cc1. The van der Waals surface area contributed by atoms with E-state index in [0.29, 0.717) is 0 Å². The third-order valence-corrected chi connectivity index (χ3v) is 9.84. The van der Waals surface area contributed by atoms with Crippen molar-refractivity contribution in [3.05, 3.63) is 69.8 Å². The smallest absolute Gasteiger partial charge is 0.261 e. The van der Waals surface area contributed by atoms with E-state index in [9.17, 15) is 26.9 Å². The Bertz CT molecular complexity index is 1190. The van der Waals surface area contributed by atoms with E-state index in [1.54, 1.807) is 29.2 Å². The molecule has 0 spiro atoms. The maximum atomic E-state index is 13.3. The predicted octanol–water partition coefficient (Wildman–Crippen LogP) is 1.29. The van der Waals surface area contributed by atoms with Gasteiger partial charge in [0.05, 0.1) is 36.1 Å². The molecule has 2 aliphatic heterocycles. The van der Waals surface area contributed by atoms with Crippen LogP contribution in [-0.2, 0) is 20.0 Å². The molecule has 0 aromatic heterocycles. The second kappa shape index (κ2) is 8.44. The fourth-order valence-electron chi connectivity index (χ4n) is 4.29. The molecule has 33 heavy (non-hydrogen) atoms. The van der Waals surface area contributed by atoms with Crippen LogP contribution in [-0.4, -0.2) is 80.2 Å². The zero-order chi connectivity index (χ0) is 24.0. The highest BCUT2D eigenvalue weighted by Crippen LogP contribution is 2.31. The van der Waals surface area contributed by atoms with Gasteiger partial charge in [0.15, 0.2) is 0 Å². The molecule has 0 amide bonds. The molecule has 2 aliphatic rings. The summed E-state index contributed by atoms with van der Waals surface area (Å²) in [4.78, 5) is 13.5. The molecule has 4 rings (SSSR count). The molecule has 2 fully saturated rings. The number of hydrogen-bond acceptors (Lipinski definition) is 7. The number of rotatable bonds is 5. The van der Waals surface area contributed by atoms with E-state index in [1.165, 1.54) is 24.3 Å². The van der Waals surface area contributed by atoms with Gasteiger partial charge in [-0.15, -0.1) is 0 Å². The van der Waals surface area contributed by atoms with E-state index in [1.807, 2.05) is 13.8 Å². The first kappa shape index (κ1) is 23.8. The van der Waals surface area contributed by atoms with Crippen LogP contribution in [0.25, 0.3) is 0 Å². The van der Waals surface area contributed by atoms with Crippen LogP contribution in [0.3, 0.4) is 0 Å². The summed E-state index contributed by atoms with van der Waals surface area (Å²) in [5, 5.41) is 12.3. The number of fused-ring (bicyclic) bond motifs is 2. The van der Waals surface area contributed by atoms with Crippen molar-refractivity contribution in [3.8, 4) is 0 Å². The van der Waals surface area contributed by atoms with E-state index in [4.69, 9.17) is 0 Å². The molecule has 0 aliphatic carbocycles. The minimum atomic E-state index is -4.00. The molecule has 2 heterocycles. The van der Waals surface area contributed by atoms with Crippen molar-refractivity contribution in [2.45, 2.75) is 29.2 Å². The van der Waals surface area contributed by atoms with Gasteiger partial charge in [0.25, 0.3) is 5.54 Å². The summed E-state index contributed by atoms with van der Waals surface area (Å²) >= 11 is 0. The molecule has 178 valence electrons. The molecule has 12 heteroatoms. The van der Waals surface area contributed by atoms with Crippen LogP contribution in [0.2, 0.25) is 0 Å². The van der Waals surface area contributed by atoms with Crippen LogP contribution in [0.1, 0.15) is 11.1 Å². The second-order valence-corrected chi connectivity index (χ2v) is 12.6. The lowest BCUT2D eigenvalue weighted by Crippen LogP contribution is -2.65. The third-order valence-electron chi connectivity index (χ3n) is 6.19. The van der Waals surface area contributed by atoms with Crippen molar-refractivity contribution in [3.63, 3.8) is 0 Å². The summed E-state index contributed by atoms with van der Waals surface area (Å²) in [5.74, 6) is 0. The number of aryl methyl sites for hydroxylation is 2. The molecule has 2 atom stereocenters. The summed E-state index contributed by atoms with van der Waals surface area (Å²) in [6.45, 7) is 3.00. The fraction of sp³-hybridized carbons (Fsp3) is 0.429. The van der Waals surface area contributed by atoms with E-state index < -0.39 is 43.6 Å². The summed E-state index contributed by atoms with van der Waals surface area (Å²) < 4.78 is 55.3. The second-order valence-electron chi connectivity index (χ2n) is 8.76. The van der Waals surface area contributed by atoms with Gasteiger partial charge in [0, 0.05) is 18.0 Å². The van der Waals surface area contributed by atoms with Crippen molar-refractivity contribution in [1.82, 2.24) is 13.5 Å². The minimum Gasteiger partial charge on any atom is -0.281 e. The standard InChI is InChI=1S/C21H26N4O6S2/c1-17-3-7-19(8-4-17)32(28,29)23-12-11-22-13-21(14-23,25(26)27)15-24(16-22)33(30,31)20-9-5-18(2)6-10-20/h3-10H,11-16H2,1-2H3. The van der Waals surface area contributed by atoms with Gasteiger partial charge in [0.2, 0.25) is 20.0 Å². The van der Waals surface area contributed by atoms with Crippen molar-refractivity contribution < 1.29 is 21.8 Å². The van der Waals surface area contributed by atoms with Crippen LogP contribution in [0.5, 0.6) is 0 Å². The van der Waals surface area contributed by atoms with E-state index >= 15 is 0 Å². The van der Waals surface area contributed by atoms with Crippen molar-refractivity contribution in [2.75, 3.05) is 39.4 Å². The summed E-state index contributed by atoms with van der Waals surface area (Å²) in [6.07, 6.45) is 0. The number of nitro groups is 1. The van der Waals surface area contributed by atoms with Gasteiger partial charge in [-0.1, -0.05) is 35.4 Å². The summed E-state index contributed by atoms with van der Waals surface area (Å²) in [5.41, 5.74) is -0.00109. The van der Waals surface area contributed by atoms with Gasteiger partial charge in [-0.3, -0.25) is 15.0 Å². The molecule has 2 bridgehead atoms. The Hall–Kier alpha value is -2.38. The Kier molecular flexibility index (Phi) is 6.08. The van der Waals surface area contributed by atoms with Crippen molar-refractivity contribution in [1.29, 1.82) is 0 Å². The lowest BCUT2D eigenvalue weighted by Gasteiger charge is -2.40. The number of nitrogens with zero attached hydrogens (tertiary/aromatic N) is 4. The van der Waals surface area contributed by atoms with Gasteiger partial charge >= 0.3 is 0 Å². The van der Waals surface area contributed by atoms with Gasteiger partial charge in [-0.05, 0) is 38.1 Å². The predicted molar refractivity (Wildman–Crippen MR) is 121 cm³/mol. The zero-order valence-electron chi connectivity index (χ0n) is 18.4. The Balaban J connectivity index is 1.69. The number of sulfonamides is 2. The first-order valence-corrected chi connectivity index (χ1v) is 13.3. The summed E-state index contributed by atoms with van der Waals surface area (Å²) in [7, 11) is -7.99. The molecule has 2 aromatic rings. The number of hydrogen-bond donors (Lipinski definition) is 0. The van der Waals surface area contributed by atoms with Crippen molar-refractivity contribution in [2.24, 2.45) is 0 Å². The van der Waals surface area contributed by atoms with Crippen LogP contribution in [0.15, 0.2) is 58.3 Å². The highest BCUT2D eigenvalue weighted by Gasteiger charge is 2.56. The largest absolute Gasteiger partial charge is 0.281 e. The normalized spacial score (nSPS) is 24.8. The maximum Gasteiger partial charge on any atom is 0.261 e. The Morgan fingerprint density at radius 1 is 0.758 bits per heavy atom. The average molecular weight is 495 g/mol. The highest BCUT2D eigenvalue weighted by molar-refractivity contribution is 7.89. The van der Waals surface area contributed by atoms with Crippen LogP contribution in [0.4, 0.5) is 0 Å². The maximum absolute atomic E-state index is 13.3. The number of benzene rings is 2. The molecule has 0 N–H and O–H groups in total. The van der Waals surface area contributed by atoms with E-state index in [-0.39, 0.29) is 36.1 Å². The Morgan fingerprint density at radius 2 is 1.21 bits per heavy atom. The summed E-state index contributed by atoms with van der Waals surface area (Å²) in [6, 6.07) is 12.6. The van der Waals surface area contributed by atoms with Gasteiger partial charge in [0.1, 0.15) is 0 Å². The lowest BCUT2D eigenvalue weighted by atomic mass is 9.98. The van der Waals surface area contributed by atoms with E-state index in [2.05, 4.69) is 0 Å². The highest BCUT2D eigenvalue weighted by atomic mass is 32.2. The quantitative estimate of drug-likeness (QED) is 0.453. The van der Waals surface area contributed by atoms with Crippen LogP contribution < -0.4 is 0 Å². The minimum absolute atomic E-state index is 0.0279. The monoisotopic (exact) mass is 494 g/mol. The zero-order valence-corrected chi connectivity index (χ0v) is 20.0. The first-order chi connectivity index (χ1) is 15.4. The van der Waals surface area contributed by atoms with Crippen LogP contribution in [0, 0.1) is 24.0 Å². The molecular formula is C21H26N4O6S2. The average Bonchev–Trinajstić information content (AvgIpc) is 2.90. The molecule has 10 nitrogen and oxygen atoms in total. The molecule has 0 saturated carbocycles. The first-order valence-electron chi connectivity index (χ1n) is 10.4. The van der Waals surface area contributed by atoms with E-state index in [0.717, 1.165) is 19.7 Å². The van der Waals surface area contributed by atoms with Gasteiger partial charge < -0.3 is 0 Å². The van der Waals surface area contributed by atoms with Crippen LogP contribution >= 0.6 is 0 Å². The molecule has 2 unspecified atom stereocenters. The Morgan fingerprint density at radius 3 is 1.70 bits per heavy atom. The van der Waals surface area contributed by atoms with Gasteiger partial charge in [-0.25, -0.2) is 16.8 Å². The lowest BCUT2D eigenvalue weighted by molar-refractivity contribution is -0.572. The van der Waals surface area contributed by atoms with Gasteiger partial charge in [-0.2, -0.15) is 8.61 Å². The molecule has 2 saturated heterocycles. The topological polar surface area (TPSA) is 121 Å². The Labute approximate surface area is 193 Å². The molecule has 2 aromatic carbocycles. The molecule has 0 radical (unpaired) electrons. The molecular weight excluding hydrogens is 468 g/mol. The third kappa shape index (κ3) is 4.41. The fourth-order valence-corrected chi connectivity index (χ4v) is 7.30.